The fourth-order valence-corrected chi connectivity index (χ4v) is 4.59. The lowest BCUT2D eigenvalue weighted by atomic mass is 10.2. The van der Waals surface area contributed by atoms with Crippen LogP contribution in [0, 0.1) is 0 Å². The maximum Gasteiger partial charge on any atom is 0.354 e. The van der Waals surface area contributed by atoms with Gasteiger partial charge >= 0.3 is 5.97 Å². The Morgan fingerprint density at radius 2 is 2.07 bits per heavy atom. The molecule has 0 atom stereocenters. The summed E-state index contributed by atoms with van der Waals surface area (Å²) in [5, 5.41) is 16.1. The molecule has 3 aromatic heterocycles. The first-order valence-corrected chi connectivity index (χ1v) is 10.5. The summed E-state index contributed by atoms with van der Waals surface area (Å²) in [6, 6.07) is 10.4. The molecule has 148 valence electrons. The molecule has 4 aromatic rings. The van der Waals surface area contributed by atoms with Crippen molar-refractivity contribution in [3.05, 3.63) is 64.7 Å². The topological polar surface area (TPSA) is 72.9 Å². The van der Waals surface area contributed by atoms with E-state index in [4.69, 9.17) is 23.2 Å². The molecule has 0 aliphatic rings. The lowest BCUT2D eigenvalue weighted by Crippen LogP contribution is -1.99. The van der Waals surface area contributed by atoms with Gasteiger partial charge in [0.1, 0.15) is 15.9 Å². The number of carboxylic acids is 1. The number of aromatic nitrogens is 4. The van der Waals surface area contributed by atoms with Gasteiger partial charge in [-0.25, -0.2) is 9.78 Å². The summed E-state index contributed by atoms with van der Waals surface area (Å²) in [6.45, 7) is 2.90. The second-order valence-corrected chi connectivity index (χ2v) is 8.17. The molecule has 9 heteroatoms. The molecule has 1 aromatic carbocycles. The van der Waals surface area contributed by atoms with Crippen LogP contribution in [0.15, 0.2) is 58.7 Å². The van der Waals surface area contributed by atoms with Gasteiger partial charge in [0, 0.05) is 23.2 Å². The number of carboxylic acid groups (broad SMARTS) is 1. The molecule has 0 fully saturated rings. The number of benzene rings is 1. The third kappa shape index (κ3) is 3.85. The molecule has 0 radical (unpaired) electrons. The van der Waals surface area contributed by atoms with E-state index in [0.29, 0.717) is 15.2 Å². The van der Waals surface area contributed by atoms with Gasteiger partial charge in [-0.05, 0) is 30.7 Å². The van der Waals surface area contributed by atoms with Crippen molar-refractivity contribution in [3.63, 3.8) is 0 Å². The monoisotopic (exact) mass is 446 g/mol. The van der Waals surface area contributed by atoms with Gasteiger partial charge in [-0.2, -0.15) is 5.10 Å². The van der Waals surface area contributed by atoms with Gasteiger partial charge in [0.25, 0.3) is 0 Å². The van der Waals surface area contributed by atoms with Crippen molar-refractivity contribution in [1.29, 1.82) is 0 Å². The molecule has 29 heavy (non-hydrogen) atoms. The predicted octanol–water partition coefficient (Wildman–Crippen LogP) is 5.79. The van der Waals surface area contributed by atoms with Gasteiger partial charge in [0.05, 0.1) is 22.3 Å². The lowest BCUT2D eigenvalue weighted by Gasteiger charge is -2.04. The first-order chi connectivity index (χ1) is 14.0. The summed E-state index contributed by atoms with van der Waals surface area (Å²) >= 11 is 14.4. The van der Waals surface area contributed by atoms with Crippen LogP contribution in [0.2, 0.25) is 10.2 Å². The highest BCUT2D eigenvalue weighted by molar-refractivity contribution is 7.99. The Balaban J connectivity index is 1.85. The fraction of sp³-hybridized carbons (Fsp3) is 0.150. The van der Waals surface area contributed by atoms with Crippen LogP contribution in [0.25, 0.3) is 16.6 Å². The predicted molar refractivity (Wildman–Crippen MR) is 115 cm³/mol. The average Bonchev–Trinajstić information content (AvgIpc) is 3.25. The van der Waals surface area contributed by atoms with Crippen molar-refractivity contribution >= 4 is 51.8 Å². The molecule has 3 heterocycles. The molecule has 0 saturated carbocycles. The highest BCUT2D eigenvalue weighted by Gasteiger charge is 2.20. The summed E-state index contributed by atoms with van der Waals surface area (Å²) in [5.41, 5.74) is 1.66. The first-order valence-electron chi connectivity index (χ1n) is 8.88. The SMILES string of the molecule is CCCn1cc(-n2c(Cl)c(Sc3cccc(C(=O)O)n3)c3ccc(Cl)cc32)cn1. The van der Waals surface area contributed by atoms with E-state index in [1.165, 1.54) is 17.8 Å². The van der Waals surface area contributed by atoms with Crippen LogP contribution in [0.4, 0.5) is 0 Å². The number of aromatic carboxylic acids is 1. The van der Waals surface area contributed by atoms with Crippen LogP contribution >= 0.6 is 35.0 Å². The Labute approximate surface area is 181 Å². The lowest BCUT2D eigenvalue weighted by molar-refractivity contribution is 0.0689. The number of aryl methyl sites for hydroxylation is 1. The molecule has 0 aliphatic heterocycles. The highest BCUT2D eigenvalue weighted by atomic mass is 35.5. The summed E-state index contributed by atoms with van der Waals surface area (Å²) in [6.07, 6.45) is 4.67. The maximum absolute atomic E-state index is 11.2. The quantitative estimate of drug-likeness (QED) is 0.405. The fourth-order valence-electron chi connectivity index (χ4n) is 3.06. The van der Waals surface area contributed by atoms with E-state index in [1.54, 1.807) is 24.4 Å². The Hall–Kier alpha value is -2.48. The van der Waals surface area contributed by atoms with Crippen LogP contribution in [0.1, 0.15) is 23.8 Å². The molecule has 0 spiro atoms. The molecule has 0 aliphatic carbocycles. The molecule has 4 rings (SSSR count). The van der Waals surface area contributed by atoms with Crippen molar-refractivity contribution < 1.29 is 9.90 Å². The largest absolute Gasteiger partial charge is 0.477 e. The Kier molecular flexibility index (Phi) is 5.54. The number of fused-ring (bicyclic) bond motifs is 1. The van der Waals surface area contributed by atoms with E-state index in [9.17, 15) is 9.90 Å². The molecular weight excluding hydrogens is 431 g/mol. The highest BCUT2D eigenvalue weighted by Crippen LogP contribution is 2.42. The van der Waals surface area contributed by atoms with Crippen molar-refractivity contribution in [2.75, 3.05) is 0 Å². The molecular formula is C20H16Cl2N4O2S. The smallest absolute Gasteiger partial charge is 0.354 e. The minimum atomic E-state index is -1.07. The van der Waals surface area contributed by atoms with Gasteiger partial charge < -0.3 is 5.11 Å². The van der Waals surface area contributed by atoms with Crippen molar-refractivity contribution in [3.8, 4) is 5.69 Å². The van der Waals surface area contributed by atoms with Crippen LogP contribution < -0.4 is 0 Å². The van der Waals surface area contributed by atoms with E-state index < -0.39 is 5.97 Å². The van der Waals surface area contributed by atoms with E-state index in [1.807, 2.05) is 27.6 Å². The molecule has 0 bridgehead atoms. The Morgan fingerprint density at radius 3 is 2.83 bits per heavy atom. The van der Waals surface area contributed by atoms with Gasteiger partial charge in [-0.3, -0.25) is 9.25 Å². The number of carbonyl (C=O) groups is 1. The molecule has 0 amide bonds. The molecule has 6 nitrogen and oxygen atoms in total. The Bertz CT molecular complexity index is 1220. The van der Waals surface area contributed by atoms with Gasteiger partial charge in [-0.15, -0.1) is 0 Å². The molecule has 0 unspecified atom stereocenters. The van der Waals surface area contributed by atoms with Crippen LogP contribution in [0.3, 0.4) is 0 Å². The van der Waals surface area contributed by atoms with Crippen molar-refractivity contribution in [2.24, 2.45) is 0 Å². The number of nitrogens with zero attached hydrogens (tertiary/aromatic N) is 4. The zero-order valence-corrected chi connectivity index (χ0v) is 17.7. The minimum absolute atomic E-state index is 0.0150. The maximum atomic E-state index is 11.2. The molecule has 0 saturated heterocycles. The number of hydrogen-bond acceptors (Lipinski definition) is 4. The number of rotatable bonds is 6. The van der Waals surface area contributed by atoms with E-state index in [-0.39, 0.29) is 5.69 Å². The summed E-state index contributed by atoms with van der Waals surface area (Å²) in [7, 11) is 0. The minimum Gasteiger partial charge on any atom is -0.477 e. The second kappa shape index (κ2) is 8.10. The zero-order valence-electron chi connectivity index (χ0n) is 15.3. The average molecular weight is 447 g/mol. The normalized spacial score (nSPS) is 11.3. The van der Waals surface area contributed by atoms with Crippen molar-refractivity contribution in [1.82, 2.24) is 19.3 Å². The standard InChI is InChI=1S/C20H16Cl2N4O2S/c1-2-8-25-11-13(10-23-25)26-16-9-12(21)6-7-14(16)18(19(26)22)29-17-5-3-4-15(24-17)20(27)28/h3-7,9-11H,2,8H2,1H3,(H,27,28). The van der Waals surface area contributed by atoms with E-state index >= 15 is 0 Å². The van der Waals surface area contributed by atoms with Crippen LogP contribution in [-0.2, 0) is 6.54 Å². The second-order valence-electron chi connectivity index (χ2n) is 6.35. The zero-order chi connectivity index (χ0) is 20.5. The van der Waals surface area contributed by atoms with Gasteiger partial charge in [0.2, 0.25) is 0 Å². The number of pyridine rings is 1. The Morgan fingerprint density at radius 1 is 1.24 bits per heavy atom. The van der Waals surface area contributed by atoms with Crippen LogP contribution in [-0.4, -0.2) is 30.4 Å². The summed E-state index contributed by atoms with van der Waals surface area (Å²) in [4.78, 5) is 16.2. The van der Waals surface area contributed by atoms with E-state index in [0.717, 1.165) is 34.5 Å². The number of hydrogen-bond donors (Lipinski definition) is 1. The molecule has 1 N–H and O–H groups in total. The van der Waals surface area contributed by atoms with Gasteiger partial charge in [-0.1, -0.05) is 54.0 Å². The summed E-state index contributed by atoms with van der Waals surface area (Å²) < 4.78 is 3.76. The van der Waals surface area contributed by atoms with Crippen LogP contribution in [0.5, 0.6) is 0 Å². The van der Waals surface area contributed by atoms with Crippen molar-refractivity contribution in [2.45, 2.75) is 29.8 Å². The third-order valence-corrected chi connectivity index (χ3v) is 6.07. The third-order valence-electron chi connectivity index (χ3n) is 4.31. The first kappa shape index (κ1) is 19.8. The van der Waals surface area contributed by atoms with Gasteiger partial charge in [0.15, 0.2) is 0 Å². The number of halogens is 2. The van der Waals surface area contributed by atoms with E-state index in [2.05, 4.69) is 17.0 Å². The summed E-state index contributed by atoms with van der Waals surface area (Å²) in [5.74, 6) is -1.07.